The Bertz CT molecular complexity index is 1380. The zero-order valence-electron chi connectivity index (χ0n) is 26.1. The van der Waals surface area contributed by atoms with E-state index in [0.29, 0.717) is 36.0 Å². The summed E-state index contributed by atoms with van der Waals surface area (Å²) >= 11 is 0. The summed E-state index contributed by atoms with van der Waals surface area (Å²) < 4.78 is 17.1. The van der Waals surface area contributed by atoms with E-state index >= 15 is 0 Å². The lowest BCUT2D eigenvalue weighted by Gasteiger charge is -2.26. The van der Waals surface area contributed by atoms with Gasteiger partial charge in [0.2, 0.25) is 0 Å². The molecule has 0 bridgehead atoms. The first-order chi connectivity index (χ1) is 21.2. The number of nitrogens with one attached hydrogen (secondary N) is 2. The van der Waals surface area contributed by atoms with Crippen molar-refractivity contribution in [1.82, 2.24) is 20.2 Å². The number of ether oxygens (including phenoxy) is 3. The second kappa shape index (κ2) is 18.4. The van der Waals surface area contributed by atoms with Gasteiger partial charge in [-0.2, -0.15) is 0 Å². The van der Waals surface area contributed by atoms with Gasteiger partial charge < -0.3 is 24.8 Å². The van der Waals surface area contributed by atoms with Crippen LogP contribution >= 0.6 is 0 Å². The summed E-state index contributed by atoms with van der Waals surface area (Å²) in [5, 5.41) is 7.15. The Kier molecular flexibility index (Phi) is 14.2. The SMILES string of the molecule is CC.CC.COc1cc2c(Nc3ccc(CNC(=O)c4ccccc4)cc3)ncnc2cc1OCCCN1CCOCC1. The van der Waals surface area contributed by atoms with Crippen molar-refractivity contribution in [2.24, 2.45) is 0 Å². The van der Waals surface area contributed by atoms with Gasteiger partial charge in [-0.1, -0.05) is 58.0 Å². The first-order valence-electron chi connectivity index (χ1n) is 15.1. The van der Waals surface area contributed by atoms with E-state index in [1.807, 2.05) is 82.3 Å². The fraction of sp³-hybridized carbons (Fsp3) is 0.382. The molecule has 0 aliphatic carbocycles. The Morgan fingerprint density at radius 3 is 2.35 bits per heavy atom. The fourth-order valence-corrected chi connectivity index (χ4v) is 4.45. The summed E-state index contributed by atoms with van der Waals surface area (Å²) in [7, 11) is 1.63. The Balaban J connectivity index is 0.00000121. The van der Waals surface area contributed by atoms with E-state index in [9.17, 15) is 4.79 Å². The largest absolute Gasteiger partial charge is 0.493 e. The molecule has 1 saturated heterocycles. The van der Waals surface area contributed by atoms with Crippen molar-refractivity contribution < 1.29 is 19.0 Å². The number of fused-ring (bicyclic) bond motifs is 1. The number of rotatable bonds is 11. The lowest BCUT2D eigenvalue weighted by molar-refractivity contribution is 0.0357. The van der Waals surface area contributed by atoms with Crippen LogP contribution in [0.4, 0.5) is 11.5 Å². The van der Waals surface area contributed by atoms with Gasteiger partial charge >= 0.3 is 0 Å². The fourth-order valence-electron chi connectivity index (χ4n) is 4.45. The number of hydrogen-bond donors (Lipinski definition) is 2. The van der Waals surface area contributed by atoms with Crippen molar-refractivity contribution in [3.63, 3.8) is 0 Å². The lowest BCUT2D eigenvalue weighted by Crippen LogP contribution is -2.37. The van der Waals surface area contributed by atoms with Gasteiger partial charge in [0.05, 0.1) is 32.4 Å². The van der Waals surface area contributed by atoms with Gasteiger partial charge in [0.1, 0.15) is 12.1 Å². The molecule has 4 aromatic rings. The van der Waals surface area contributed by atoms with Crippen LogP contribution < -0.4 is 20.1 Å². The third kappa shape index (κ3) is 9.94. The van der Waals surface area contributed by atoms with E-state index in [1.54, 1.807) is 19.2 Å². The number of morpholine rings is 1. The maximum atomic E-state index is 12.3. The highest BCUT2D eigenvalue weighted by molar-refractivity contribution is 5.94. The van der Waals surface area contributed by atoms with Crippen LogP contribution in [0, 0.1) is 0 Å². The van der Waals surface area contributed by atoms with Gasteiger partial charge in [-0.3, -0.25) is 9.69 Å². The van der Waals surface area contributed by atoms with Gasteiger partial charge in [-0.05, 0) is 42.3 Å². The Morgan fingerprint density at radius 1 is 0.930 bits per heavy atom. The molecule has 0 spiro atoms. The lowest BCUT2D eigenvalue weighted by atomic mass is 10.1. The van der Waals surface area contributed by atoms with E-state index in [2.05, 4.69) is 25.5 Å². The van der Waals surface area contributed by atoms with E-state index in [-0.39, 0.29) is 5.91 Å². The summed E-state index contributed by atoms with van der Waals surface area (Å²) in [6.07, 6.45) is 2.45. The van der Waals surface area contributed by atoms with Crippen molar-refractivity contribution in [3.8, 4) is 11.5 Å². The molecule has 0 saturated carbocycles. The number of anilines is 2. The highest BCUT2D eigenvalue weighted by Gasteiger charge is 2.13. The first kappa shape index (κ1) is 33.3. The number of amides is 1. The highest BCUT2D eigenvalue weighted by atomic mass is 16.5. The molecule has 2 N–H and O–H groups in total. The first-order valence-corrected chi connectivity index (χ1v) is 15.1. The molecular formula is C34H45N5O4. The molecule has 3 aromatic carbocycles. The number of benzene rings is 3. The predicted molar refractivity (Wildman–Crippen MR) is 173 cm³/mol. The molecule has 9 heteroatoms. The van der Waals surface area contributed by atoms with E-state index < -0.39 is 0 Å². The standard InChI is InChI=1S/C30H33N5O4.2C2H6/c1-37-27-18-25-26(19-28(27)39-15-5-12-35-13-16-38-17-14-35)32-21-33-29(25)34-24-10-8-22(9-11-24)20-31-30(36)23-6-3-2-4-7-23;2*1-2/h2-4,6-11,18-19,21H,5,12-17,20H2,1H3,(H,31,36)(H,32,33,34);2*1-2H3. The minimum atomic E-state index is -0.0975. The normalized spacial score (nSPS) is 12.7. The quantitative estimate of drug-likeness (QED) is 0.193. The average molecular weight is 588 g/mol. The van der Waals surface area contributed by atoms with Gasteiger partial charge in [0.25, 0.3) is 5.91 Å². The molecular weight excluding hydrogens is 542 g/mol. The summed E-state index contributed by atoms with van der Waals surface area (Å²) in [4.78, 5) is 23.6. The Hall–Kier alpha value is -4.21. The third-order valence-electron chi connectivity index (χ3n) is 6.61. The van der Waals surface area contributed by atoms with Gasteiger partial charge in [0.15, 0.2) is 11.5 Å². The van der Waals surface area contributed by atoms with Crippen LogP contribution in [0.5, 0.6) is 11.5 Å². The molecule has 1 fully saturated rings. The minimum absolute atomic E-state index is 0.0975. The number of carbonyl (C=O) groups is 1. The summed E-state index contributed by atoms with van der Waals surface area (Å²) in [6.45, 7) is 13.6. The maximum Gasteiger partial charge on any atom is 0.251 e. The second-order valence-corrected chi connectivity index (χ2v) is 9.27. The highest BCUT2D eigenvalue weighted by Crippen LogP contribution is 2.34. The van der Waals surface area contributed by atoms with Crippen LogP contribution in [0.1, 0.15) is 50.0 Å². The van der Waals surface area contributed by atoms with Crippen LogP contribution in [0.25, 0.3) is 10.9 Å². The molecule has 230 valence electrons. The van der Waals surface area contributed by atoms with E-state index in [4.69, 9.17) is 14.2 Å². The number of hydrogen-bond acceptors (Lipinski definition) is 8. The van der Waals surface area contributed by atoms with E-state index in [0.717, 1.165) is 61.4 Å². The average Bonchev–Trinajstić information content (AvgIpc) is 3.08. The van der Waals surface area contributed by atoms with Gasteiger partial charge in [-0.15, -0.1) is 0 Å². The maximum absolute atomic E-state index is 12.3. The van der Waals surface area contributed by atoms with Gasteiger partial charge in [-0.25, -0.2) is 9.97 Å². The number of carbonyl (C=O) groups excluding carboxylic acids is 1. The van der Waals surface area contributed by atoms with Crippen molar-refractivity contribution in [3.05, 3.63) is 84.2 Å². The molecule has 1 aliphatic heterocycles. The zero-order valence-corrected chi connectivity index (χ0v) is 26.1. The van der Waals surface area contributed by atoms with Gasteiger partial charge in [0, 0.05) is 48.9 Å². The van der Waals surface area contributed by atoms with E-state index in [1.165, 1.54) is 6.33 Å². The van der Waals surface area contributed by atoms with Crippen LogP contribution in [-0.4, -0.2) is 67.3 Å². The van der Waals surface area contributed by atoms with Crippen LogP contribution in [-0.2, 0) is 11.3 Å². The molecule has 1 aliphatic rings. The molecule has 43 heavy (non-hydrogen) atoms. The minimum Gasteiger partial charge on any atom is -0.493 e. The van der Waals surface area contributed by atoms with Crippen molar-refractivity contribution in [1.29, 1.82) is 0 Å². The molecule has 5 rings (SSSR count). The van der Waals surface area contributed by atoms with Crippen LogP contribution in [0.3, 0.4) is 0 Å². The topological polar surface area (TPSA) is 97.8 Å². The number of aromatic nitrogens is 2. The molecule has 1 amide bonds. The summed E-state index contributed by atoms with van der Waals surface area (Å²) in [6, 6.07) is 20.9. The van der Waals surface area contributed by atoms with Crippen molar-refractivity contribution >= 4 is 28.3 Å². The molecule has 0 unspecified atom stereocenters. The van der Waals surface area contributed by atoms with Crippen LogP contribution in [0.2, 0.25) is 0 Å². The zero-order chi connectivity index (χ0) is 30.9. The Morgan fingerprint density at radius 2 is 1.65 bits per heavy atom. The monoisotopic (exact) mass is 587 g/mol. The van der Waals surface area contributed by atoms with Crippen molar-refractivity contribution in [2.75, 3.05) is 51.9 Å². The third-order valence-corrected chi connectivity index (χ3v) is 6.61. The molecule has 2 heterocycles. The second-order valence-electron chi connectivity index (χ2n) is 9.27. The Labute approximate surface area is 255 Å². The van der Waals surface area contributed by atoms with Crippen LogP contribution in [0.15, 0.2) is 73.1 Å². The number of methoxy groups -OCH3 is 1. The van der Waals surface area contributed by atoms with Crippen molar-refractivity contribution in [2.45, 2.75) is 40.7 Å². The molecule has 0 radical (unpaired) electrons. The smallest absolute Gasteiger partial charge is 0.251 e. The predicted octanol–water partition coefficient (Wildman–Crippen LogP) is 6.47. The summed E-state index contributed by atoms with van der Waals surface area (Å²) in [5.41, 5.74) is 3.27. The number of nitrogens with zero attached hydrogens (tertiary/aromatic N) is 3. The molecule has 9 nitrogen and oxygen atoms in total. The molecule has 1 aromatic heterocycles. The summed E-state index contributed by atoms with van der Waals surface area (Å²) in [5.74, 6) is 1.87. The molecule has 0 atom stereocenters.